The molecule has 2 atom stereocenters. The van der Waals surface area contributed by atoms with E-state index in [4.69, 9.17) is 4.42 Å². The summed E-state index contributed by atoms with van der Waals surface area (Å²) in [5.74, 6) is 1.07. The first-order valence-electron chi connectivity index (χ1n) is 6.03. The molecule has 1 N–H and O–H groups in total. The first kappa shape index (κ1) is 15.6. The topological polar surface area (TPSA) is 68.5 Å². The van der Waals surface area contributed by atoms with E-state index in [1.54, 1.807) is 19.3 Å². The summed E-state index contributed by atoms with van der Waals surface area (Å²) in [5.41, 5.74) is 0. The number of ether oxygens (including phenoxy) is 1. The molecule has 6 heteroatoms. The van der Waals surface area contributed by atoms with Crippen molar-refractivity contribution in [2.24, 2.45) is 5.92 Å². The number of rotatable bonds is 7. The van der Waals surface area contributed by atoms with Crippen molar-refractivity contribution in [1.82, 2.24) is 5.32 Å². The van der Waals surface area contributed by atoms with Crippen molar-refractivity contribution in [1.29, 1.82) is 0 Å². The van der Waals surface area contributed by atoms with Gasteiger partial charge < -0.3 is 14.5 Å². The van der Waals surface area contributed by atoms with Gasteiger partial charge in [-0.25, -0.2) is 0 Å². The molecule has 0 aliphatic rings. The number of hydrogen-bond acceptors (Lipinski definition) is 5. The van der Waals surface area contributed by atoms with E-state index in [-0.39, 0.29) is 23.8 Å². The van der Waals surface area contributed by atoms with Crippen LogP contribution in [0.5, 0.6) is 0 Å². The summed E-state index contributed by atoms with van der Waals surface area (Å²) in [7, 11) is 1.36. The first-order chi connectivity index (χ1) is 9.04. The summed E-state index contributed by atoms with van der Waals surface area (Å²) in [6, 6.07) is 3.45. The van der Waals surface area contributed by atoms with E-state index >= 15 is 0 Å². The van der Waals surface area contributed by atoms with Gasteiger partial charge in [0.2, 0.25) is 5.91 Å². The lowest BCUT2D eigenvalue weighted by Crippen LogP contribution is -2.28. The number of thioether (sulfide) groups is 1. The average Bonchev–Trinajstić information content (AvgIpc) is 2.91. The molecule has 1 aromatic rings. The van der Waals surface area contributed by atoms with Crippen LogP contribution < -0.4 is 5.32 Å². The molecule has 0 aliphatic carbocycles. The standard InChI is InChI=1S/C13H19NO4S/c1-9(13(16)17-3)7-19-8-12(15)14-10(2)11-5-4-6-18-11/h4-6,9-10H,7-8H2,1-3H3,(H,14,15). The monoisotopic (exact) mass is 285 g/mol. The number of amides is 1. The zero-order chi connectivity index (χ0) is 14.3. The predicted octanol–water partition coefficient (Wildman–Crippen LogP) is 2.00. The second-order valence-corrected chi connectivity index (χ2v) is 5.27. The number of carbonyl (C=O) groups excluding carboxylic acids is 2. The molecule has 1 rings (SSSR count). The molecule has 0 aliphatic heterocycles. The van der Waals surface area contributed by atoms with Crippen LogP contribution in [0, 0.1) is 5.92 Å². The van der Waals surface area contributed by atoms with E-state index in [1.807, 2.05) is 13.0 Å². The van der Waals surface area contributed by atoms with Gasteiger partial charge in [0, 0.05) is 5.75 Å². The zero-order valence-corrected chi connectivity index (χ0v) is 12.2. The molecule has 0 fully saturated rings. The molecule has 2 unspecified atom stereocenters. The van der Waals surface area contributed by atoms with Crippen LogP contribution in [-0.2, 0) is 14.3 Å². The fourth-order valence-corrected chi connectivity index (χ4v) is 2.37. The summed E-state index contributed by atoms with van der Waals surface area (Å²) >= 11 is 1.41. The molecule has 0 bridgehead atoms. The van der Waals surface area contributed by atoms with Crippen LogP contribution in [-0.4, -0.2) is 30.5 Å². The molecule has 0 spiro atoms. The summed E-state index contributed by atoms with van der Waals surface area (Å²) in [6.45, 7) is 3.64. The van der Waals surface area contributed by atoms with Gasteiger partial charge in [0.05, 0.1) is 31.1 Å². The van der Waals surface area contributed by atoms with Crippen LogP contribution in [0.15, 0.2) is 22.8 Å². The number of nitrogens with one attached hydrogen (secondary N) is 1. The molecule has 106 valence electrons. The van der Waals surface area contributed by atoms with Crippen molar-refractivity contribution < 1.29 is 18.7 Å². The number of furan rings is 1. The Morgan fingerprint density at radius 2 is 2.21 bits per heavy atom. The minimum Gasteiger partial charge on any atom is -0.469 e. The number of methoxy groups -OCH3 is 1. The van der Waals surface area contributed by atoms with E-state index in [0.717, 1.165) is 5.76 Å². The third-order valence-electron chi connectivity index (χ3n) is 2.55. The first-order valence-corrected chi connectivity index (χ1v) is 7.18. The summed E-state index contributed by atoms with van der Waals surface area (Å²) in [4.78, 5) is 22.9. The van der Waals surface area contributed by atoms with Crippen LogP contribution in [0.2, 0.25) is 0 Å². The molecule has 1 amide bonds. The zero-order valence-electron chi connectivity index (χ0n) is 11.3. The number of esters is 1. The molecule has 5 nitrogen and oxygen atoms in total. The second kappa shape index (κ2) is 7.89. The van der Waals surface area contributed by atoms with Gasteiger partial charge in [-0.3, -0.25) is 9.59 Å². The third-order valence-corrected chi connectivity index (χ3v) is 3.75. The maximum absolute atomic E-state index is 11.7. The van der Waals surface area contributed by atoms with Crippen LogP contribution in [0.4, 0.5) is 0 Å². The molecule has 0 saturated heterocycles. The molecular weight excluding hydrogens is 266 g/mol. The number of hydrogen-bond donors (Lipinski definition) is 1. The van der Waals surface area contributed by atoms with E-state index in [9.17, 15) is 9.59 Å². The van der Waals surface area contributed by atoms with E-state index in [2.05, 4.69) is 10.1 Å². The largest absolute Gasteiger partial charge is 0.469 e. The molecule has 19 heavy (non-hydrogen) atoms. The van der Waals surface area contributed by atoms with Crippen molar-refractivity contribution in [3.63, 3.8) is 0 Å². The normalized spacial score (nSPS) is 13.6. The van der Waals surface area contributed by atoms with Crippen LogP contribution in [0.1, 0.15) is 25.6 Å². The van der Waals surface area contributed by atoms with Gasteiger partial charge in [-0.1, -0.05) is 6.92 Å². The fraction of sp³-hybridized carbons (Fsp3) is 0.538. The molecule has 1 heterocycles. The Kier molecular flexibility index (Phi) is 6.49. The highest BCUT2D eigenvalue weighted by Gasteiger charge is 2.15. The quantitative estimate of drug-likeness (QED) is 0.776. The Hall–Kier alpha value is -1.43. The maximum Gasteiger partial charge on any atom is 0.309 e. The lowest BCUT2D eigenvalue weighted by Gasteiger charge is -2.12. The van der Waals surface area contributed by atoms with Crippen LogP contribution in [0.25, 0.3) is 0 Å². The lowest BCUT2D eigenvalue weighted by atomic mass is 10.2. The van der Waals surface area contributed by atoms with Crippen molar-refractivity contribution in [3.05, 3.63) is 24.2 Å². The van der Waals surface area contributed by atoms with Gasteiger partial charge >= 0.3 is 5.97 Å². The van der Waals surface area contributed by atoms with Gasteiger partial charge in [-0.2, -0.15) is 11.8 Å². The Morgan fingerprint density at radius 3 is 2.79 bits per heavy atom. The van der Waals surface area contributed by atoms with Crippen LogP contribution >= 0.6 is 11.8 Å². The Bertz CT molecular complexity index is 405. The second-order valence-electron chi connectivity index (χ2n) is 4.24. The molecule has 1 aromatic heterocycles. The van der Waals surface area contributed by atoms with Gasteiger partial charge in [-0.15, -0.1) is 0 Å². The van der Waals surface area contributed by atoms with Gasteiger partial charge in [0.15, 0.2) is 0 Å². The average molecular weight is 285 g/mol. The van der Waals surface area contributed by atoms with Gasteiger partial charge in [0.25, 0.3) is 0 Å². The summed E-state index contributed by atoms with van der Waals surface area (Å²) < 4.78 is 9.82. The lowest BCUT2D eigenvalue weighted by molar-refractivity contribution is -0.144. The molecule has 0 radical (unpaired) electrons. The molecule has 0 aromatic carbocycles. The summed E-state index contributed by atoms with van der Waals surface area (Å²) in [6.07, 6.45) is 1.57. The minimum atomic E-state index is -0.253. The molecule has 0 saturated carbocycles. The Balaban J connectivity index is 2.23. The smallest absolute Gasteiger partial charge is 0.309 e. The van der Waals surface area contributed by atoms with E-state index in [1.165, 1.54) is 18.9 Å². The SMILES string of the molecule is COC(=O)C(C)CSCC(=O)NC(C)c1ccco1. The third kappa shape index (κ3) is 5.38. The summed E-state index contributed by atoms with van der Waals surface area (Å²) in [5, 5.41) is 2.83. The maximum atomic E-state index is 11.7. The highest BCUT2D eigenvalue weighted by Crippen LogP contribution is 2.13. The highest BCUT2D eigenvalue weighted by atomic mass is 32.2. The Labute approximate surface area is 117 Å². The van der Waals surface area contributed by atoms with Gasteiger partial charge in [0.1, 0.15) is 5.76 Å². The van der Waals surface area contributed by atoms with Crippen molar-refractivity contribution in [2.45, 2.75) is 19.9 Å². The fourth-order valence-electron chi connectivity index (χ4n) is 1.49. The van der Waals surface area contributed by atoms with E-state index < -0.39 is 0 Å². The van der Waals surface area contributed by atoms with E-state index in [0.29, 0.717) is 11.5 Å². The van der Waals surface area contributed by atoms with Crippen molar-refractivity contribution in [2.75, 3.05) is 18.6 Å². The van der Waals surface area contributed by atoms with Crippen molar-refractivity contribution >= 4 is 23.6 Å². The number of carbonyl (C=O) groups is 2. The molecular formula is C13H19NO4S. The van der Waals surface area contributed by atoms with Crippen LogP contribution in [0.3, 0.4) is 0 Å². The minimum absolute atomic E-state index is 0.0778. The highest BCUT2D eigenvalue weighted by molar-refractivity contribution is 7.99. The predicted molar refractivity (Wildman–Crippen MR) is 73.8 cm³/mol. The van der Waals surface area contributed by atoms with Gasteiger partial charge in [-0.05, 0) is 19.1 Å². The van der Waals surface area contributed by atoms with Crippen molar-refractivity contribution in [3.8, 4) is 0 Å². The Morgan fingerprint density at radius 1 is 1.47 bits per heavy atom.